The van der Waals surface area contributed by atoms with Crippen LogP contribution >= 0.6 is 0 Å². The van der Waals surface area contributed by atoms with Crippen LogP contribution in [0.2, 0.25) is 0 Å². The van der Waals surface area contributed by atoms with Crippen LogP contribution in [-0.4, -0.2) is 41.8 Å². The minimum Gasteiger partial charge on any atom is -0.266 e. The smallest absolute Gasteiger partial charge is 0.266 e. The van der Waals surface area contributed by atoms with E-state index in [2.05, 4.69) is 5.10 Å². The van der Waals surface area contributed by atoms with Crippen molar-refractivity contribution in [3.8, 4) is 0 Å². The Bertz CT molecular complexity index is 644. The standard InChI is InChI=1S/C13H20F3N3O2S/c1-4-11-9(2)12(13(14,15)16)17-19(11)10-5-7-18(8-6-10)22(3,20)21/h10H,4-8H2,1-3H3. The third kappa shape index (κ3) is 3.29. The molecule has 0 amide bonds. The molecule has 0 aliphatic carbocycles. The first-order valence-corrected chi connectivity index (χ1v) is 9.00. The average Bonchev–Trinajstić information content (AvgIpc) is 2.74. The summed E-state index contributed by atoms with van der Waals surface area (Å²) in [6.45, 7) is 3.86. The molecular formula is C13H20F3N3O2S. The Morgan fingerprint density at radius 3 is 2.23 bits per heavy atom. The highest BCUT2D eigenvalue weighted by Gasteiger charge is 2.38. The zero-order valence-corrected chi connectivity index (χ0v) is 13.6. The van der Waals surface area contributed by atoms with E-state index in [4.69, 9.17) is 0 Å². The Morgan fingerprint density at radius 2 is 1.82 bits per heavy atom. The van der Waals surface area contributed by atoms with E-state index in [-0.39, 0.29) is 11.6 Å². The minimum atomic E-state index is -4.47. The number of sulfonamides is 1. The van der Waals surface area contributed by atoms with Crippen LogP contribution in [0.25, 0.3) is 0 Å². The first kappa shape index (κ1) is 17.3. The van der Waals surface area contributed by atoms with Gasteiger partial charge in [0.2, 0.25) is 10.0 Å². The lowest BCUT2D eigenvalue weighted by Crippen LogP contribution is -2.38. The number of piperidine rings is 1. The van der Waals surface area contributed by atoms with Gasteiger partial charge in [-0.1, -0.05) is 6.92 Å². The van der Waals surface area contributed by atoms with Crippen molar-refractivity contribution < 1.29 is 21.6 Å². The zero-order chi connectivity index (χ0) is 16.7. The number of aromatic nitrogens is 2. The molecular weight excluding hydrogens is 319 g/mol. The van der Waals surface area contributed by atoms with Gasteiger partial charge in [0.1, 0.15) is 0 Å². The molecule has 1 aliphatic rings. The van der Waals surface area contributed by atoms with Gasteiger partial charge in [0.25, 0.3) is 0 Å². The molecule has 126 valence electrons. The highest BCUT2D eigenvalue weighted by Crippen LogP contribution is 2.35. The summed E-state index contributed by atoms with van der Waals surface area (Å²) in [5.74, 6) is 0. The van der Waals surface area contributed by atoms with E-state index in [1.165, 1.54) is 15.9 Å². The minimum absolute atomic E-state index is 0.167. The number of nitrogens with zero attached hydrogens (tertiary/aromatic N) is 3. The molecule has 0 N–H and O–H groups in total. The molecule has 9 heteroatoms. The second-order valence-electron chi connectivity index (χ2n) is 5.61. The lowest BCUT2D eigenvalue weighted by Gasteiger charge is -2.31. The van der Waals surface area contributed by atoms with Crippen molar-refractivity contribution in [1.82, 2.24) is 14.1 Å². The number of hydrogen-bond acceptors (Lipinski definition) is 3. The summed E-state index contributed by atoms with van der Waals surface area (Å²) in [6, 6.07) is -0.192. The third-order valence-electron chi connectivity index (χ3n) is 4.11. The summed E-state index contributed by atoms with van der Waals surface area (Å²) in [5, 5.41) is 3.79. The topological polar surface area (TPSA) is 55.2 Å². The summed E-state index contributed by atoms with van der Waals surface area (Å²) >= 11 is 0. The van der Waals surface area contributed by atoms with Crippen molar-refractivity contribution >= 4 is 10.0 Å². The van der Waals surface area contributed by atoms with Gasteiger partial charge in [0.15, 0.2) is 5.69 Å². The van der Waals surface area contributed by atoms with Crippen LogP contribution in [-0.2, 0) is 22.6 Å². The Labute approximate surface area is 128 Å². The van der Waals surface area contributed by atoms with E-state index >= 15 is 0 Å². The van der Waals surface area contributed by atoms with Gasteiger partial charge in [-0.3, -0.25) is 4.68 Å². The molecule has 1 fully saturated rings. The monoisotopic (exact) mass is 339 g/mol. The molecule has 22 heavy (non-hydrogen) atoms. The van der Waals surface area contributed by atoms with Crippen LogP contribution in [0.4, 0.5) is 13.2 Å². The van der Waals surface area contributed by atoms with Crippen LogP contribution in [0.1, 0.15) is 42.8 Å². The van der Waals surface area contributed by atoms with Gasteiger partial charge >= 0.3 is 6.18 Å². The summed E-state index contributed by atoms with van der Waals surface area (Å²) in [5.41, 5.74) is -0.0967. The predicted octanol–water partition coefficient (Wildman–Crippen LogP) is 2.37. The van der Waals surface area contributed by atoms with Gasteiger partial charge in [-0.2, -0.15) is 18.3 Å². The number of rotatable bonds is 3. The number of halogens is 3. The van der Waals surface area contributed by atoms with E-state index in [1.807, 2.05) is 0 Å². The fourth-order valence-corrected chi connectivity index (χ4v) is 3.84. The van der Waals surface area contributed by atoms with Crippen molar-refractivity contribution in [2.75, 3.05) is 19.3 Å². The molecule has 2 heterocycles. The largest absolute Gasteiger partial charge is 0.435 e. The fraction of sp³-hybridized carbons (Fsp3) is 0.769. The number of hydrogen-bond donors (Lipinski definition) is 0. The van der Waals surface area contributed by atoms with Gasteiger partial charge in [0, 0.05) is 24.3 Å². The summed E-state index contributed by atoms with van der Waals surface area (Å²) in [7, 11) is -3.25. The Balaban J connectivity index is 2.27. The van der Waals surface area contributed by atoms with Crippen LogP contribution < -0.4 is 0 Å². The maximum absolute atomic E-state index is 13.0. The maximum atomic E-state index is 13.0. The van der Waals surface area contributed by atoms with Gasteiger partial charge in [-0.05, 0) is 26.2 Å². The van der Waals surface area contributed by atoms with E-state index in [0.29, 0.717) is 38.0 Å². The summed E-state index contributed by atoms with van der Waals surface area (Å²) < 4.78 is 64.8. The molecule has 0 saturated carbocycles. The third-order valence-corrected chi connectivity index (χ3v) is 5.42. The Morgan fingerprint density at radius 1 is 1.27 bits per heavy atom. The molecule has 1 saturated heterocycles. The van der Waals surface area contributed by atoms with E-state index in [9.17, 15) is 21.6 Å². The van der Waals surface area contributed by atoms with E-state index in [0.717, 1.165) is 6.26 Å². The lowest BCUT2D eigenvalue weighted by atomic mass is 10.1. The quantitative estimate of drug-likeness (QED) is 0.849. The molecule has 5 nitrogen and oxygen atoms in total. The van der Waals surface area contributed by atoms with Gasteiger partial charge in [-0.25, -0.2) is 12.7 Å². The molecule has 1 aromatic heterocycles. The molecule has 1 aromatic rings. The summed E-state index contributed by atoms with van der Waals surface area (Å²) in [4.78, 5) is 0. The van der Waals surface area contributed by atoms with Crippen molar-refractivity contribution in [3.05, 3.63) is 17.0 Å². The second kappa shape index (κ2) is 5.84. The molecule has 0 unspecified atom stereocenters. The van der Waals surface area contributed by atoms with Gasteiger partial charge in [-0.15, -0.1) is 0 Å². The Hall–Kier alpha value is -1.09. The second-order valence-corrected chi connectivity index (χ2v) is 7.59. The van der Waals surface area contributed by atoms with Crippen LogP contribution in [0.15, 0.2) is 0 Å². The van der Waals surface area contributed by atoms with Crippen LogP contribution in [0, 0.1) is 6.92 Å². The predicted molar refractivity (Wildman–Crippen MR) is 76.0 cm³/mol. The molecule has 2 rings (SSSR count). The lowest BCUT2D eigenvalue weighted by molar-refractivity contribution is -0.142. The molecule has 1 aliphatic heterocycles. The SMILES string of the molecule is CCc1c(C)c(C(F)(F)F)nn1C1CCN(S(C)(=O)=O)CC1. The molecule has 0 atom stereocenters. The first-order chi connectivity index (χ1) is 10.1. The van der Waals surface area contributed by atoms with Gasteiger partial charge < -0.3 is 0 Å². The number of alkyl halides is 3. The van der Waals surface area contributed by atoms with Crippen LogP contribution in [0.5, 0.6) is 0 Å². The van der Waals surface area contributed by atoms with Crippen molar-refractivity contribution in [1.29, 1.82) is 0 Å². The molecule has 0 bridgehead atoms. The first-order valence-electron chi connectivity index (χ1n) is 7.16. The summed E-state index contributed by atoms with van der Waals surface area (Å²) in [6.07, 6.45) is -1.92. The molecule has 0 radical (unpaired) electrons. The highest BCUT2D eigenvalue weighted by atomic mass is 32.2. The molecule has 0 aromatic carbocycles. The van der Waals surface area contributed by atoms with Gasteiger partial charge in [0.05, 0.1) is 12.3 Å². The average molecular weight is 339 g/mol. The van der Waals surface area contributed by atoms with Crippen LogP contribution in [0.3, 0.4) is 0 Å². The van der Waals surface area contributed by atoms with Crippen molar-refractivity contribution in [2.45, 2.75) is 45.3 Å². The molecule has 0 spiro atoms. The van der Waals surface area contributed by atoms with E-state index < -0.39 is 21.9 Å². The van der Waals surface area contributed by atoms with Crippen molar-refractivity contribution in [3.63, 3.8) is 0 Å². The zero-order valence-electron chi connectivity index (χ0n) is 12.8. The maximum Gasteiger partial charge on any atom is 0.435 e. The normalized spacial score (nSPS) is 18.8. The van der Waals surface area contributed by atoms with E-state index in [1.54, 1.807) is 6.92 Å². The fourth-order valence-electron chi connectivity index (χ4n) is 2.97. The Kier molecular flexibility index (Phi) is 4.59. The highest BCUT2D eigenvalue weighted by molar-refractivity contribution is 7.88. The van der Waals surface area contributed by atoms with Crippen molar-refractivity contribution in [2.24, 2.45) is 0 Å².